The van der Waals surface area contributed by atoms with E-state index in [2.05, 4.69) is 16.6 Å². The minimum absolute atomic E-state index is 0.801. The summed E-state index contributed by atoms with van der Waals surface area (Å²) < 4.78 is 1.90. The molecule has 1 heterocycles. The van der Waals surface area contributed by atoms with E-state index in [0.717, 1.165) is 17.4 Å². The van der Waals surface area contributed by atoms with Crippen molar-refractivity contribution in [3.8, 4) is 0 Å². The zero-order valence-corrected chi connectivity index (χ0v) is 8.86. The second-order valence-electron chi connectivity index (χ2n) is 2.95. The van der Waals surface area contributed by atoms with Crippen LogP contribution < -0.4 is 0 Å². The van der Waals surface area contributed by atoms with Crippen molar-refractivity contribution in [3.63, 3.8) is 0 Å². The van der Waals surface area contributed by atoms with Crippen molar-refractivity contribution >= 4 is 5.84 Å². The third kappa shape index (κ3) is 2.19. The van der Waals surface area contributed by atoms with Gasteiger partial charge in [-0.05, 0) is 26.8 Å². The summed E-state index contributed by atoms with van der Waals surface area (Å²) in [6, 6.07) is 0. The van der Waals surface area contributed by atoms with Crippen LogP contribution in [-0.2, 0) is 0 Å². The molecular formula is C11H15N3. The molecule has 0 aliphatic heterocycles. The summed E-state index contributed by atoms with van der Waals surface area (Å²) in [5.41, 5.74) is 0.966. The number of aliphatic imine (C=N–C) groups is 1. The lowest BCUT2D eigenvalue weighted by molar-refractivity contribution is 1.02. The molecule has 0 N–H and O–H groups in total. The van der Waals surface area contributed by atoms with E-state index < -0.39 is 0 Å². The van der Waals surface area contributed by atoms with Gasteiger partial charge in [-0.1, -0.05) is 12.7 Å². The molecular weight excluding hydrogens is 174 g/mol. The molecule has 74 valence electrons. The van der Waals surface area contributed by atoms with Crippen LogP contribution in [0.25, 0.3) is 0 Å². The van der Waals surface area contributed by atoms with Gasteiger partial charge >= 0.3 is 0 Å². The highest BCUT2D eigenvalue weighted by Gasteiger charge is 2.00. The van der Waals surface area contributed by atoms with Crippen LogP contribution in [0.5, 0.6) is 0 Å². The number of imidazole rings is 1. The zero-order valence-electron chi connectivity index (χ0n) is 8.86. The Kier molecular flexibility index (Phi) is 3.40. The molecule has 0 radical (unpaired) electrons. The summed E-state index contributed by atoms with van der Waals surface area (Å²) in [5, 5.41) is 0. The molecule has 0 saturated carbocycles. The highest BCUT2D eigenvalue weighted by Crippen LogP contribution is 2.01. The first-order valence-corrected chi connectivity index (χ1v) is 4.53. The second-order valence-corrected chi connectivity index (χ2v) is 2.95. The van der Waals surface area contributed by atoms with Gasteiger partial charge in [0.2, 0.25) is 0 Å². The summed E-state index contributed by atoms with van der Waals surface area (Å²) in [7, 11) is 0. The Balaban J connectivity index is 3.11. The predicted octanol–water partition coefficient (Wildman–Crippen LogP) is 2.55. The Morgan fingerprint density at radius 2 is 2.36 bits per heavy atom. The van der Waals surface area contributed by atoms with Gasteiger partial charge in [0.1, 0.15) is 11.7 Å². The Hall–Kier alpha value is -1.64. The fraction of sp³-hybridized carbons (Fsp3) is 0.273. The van der Waals surface area contributed by atoms with Gasteiger partial charge in [-0.25, -0.2) is 9.98 Å². The molecule has 1 aromatic rings. The molecule has 0 bridgehead atoms. The van der Waals surface area contributed by atoms with Crippen molar-refractivity contribution in [2.24, 2.45) is 4.99 Å². The van der Waals surface area contributed by atoms with Gasteiger partial charge < -0.3 is 0 Å². The molecule has 0 aromatic carbocycles. The van der Waals surface area contributed by atoms with Gasteiger partial charge in [0.25, 0.3) is 0 Å². The van der Waals surface area contributed by atoms with Crippen LogP contribution in [0, 0.1) is 6.92 Å². The van der Waals surface area contributed by atoms with Crippen LogP contribution in [0.2, 0.25) is 0 Å². The minimum atomic E-state index is 0.801. The van der Waals surface area contributed by atoms with Gasteiger partial charge in [0.15, 0.2) is 0 Å². The van der Waals surface area contributed by atoms with E-state index >= 15 is 0 Å². The smallest absolute Gasteiger partial charge is 0.137 e. The first kappa shape index (κ1) is 10.4. The topological polar surface area (TPSA) is 30.2 Å². The van der Waals surface area contributed by atoms with Crippen LogP contribution in [0.1, 0.15) is 19.7 Å². The Labute approximate surface area is 84.5 Å². The first-order chi connectivity index (χ1) is 6.69. The molecule has 0 unspecified atom stereocenters. The van der Waals surface area contributed by atoms with E-state index in [0.29, 0.717) is 0 Å². The normalized spacial score (nSPS) is 13.1. The number of nitrogens with zero attached hydrogens (tertiary/aromatic N) is 3. The van der Waals surface area contributed by atoms with E-state index in [4.69, 9.17) is 0 Å². The maximum absolute atomic E-state index is 4.40. The lowest BCUT2D eigenvalue weighted by Gasteiger charge is -2.04. The van der Waals surface area contributed by atoms with Crippen LogP contribution in [-0.4, -0.2) is 15.4 Å². The van der Waals surface area contributed by atoms with Gasteiger partial charge in [0, 0.05) is 18.1 Å². The molecule has 1 aromatic heterocycles. The van der Waals surface area contributed by atoms with Crippen molar-refractivity contribution < 1.29 is 0 Å². The molecule has 14 heavy (non-hydrogen) atoms. The summed E-state index contributed by atoms with van der Waals surface area (Å²) >= 11 is 0. The third-order valence-corrected chi connectivity index (χ3v) is 1.96. The molecule has 0 fully saturated rings. The SMILES string of the molecule is C=CC(=N/C(C)=C\C)n1ccnc1C. The maximum Gasteiger partial charge on any atom is 0.137 e. The molecule has 0 atom stereocenters. The van der Waals surface area contributed by atoms with E-state index in [1.165, 1.54) is 0 Å². The summed E-state index contributed by atoms with van der Waals surface area (Å²) in [4.78, 5) is 8.53. The standard InChI is InChI=1S/C11H15N3/c1-5-9(3)13-11(6-2)14-8-7-12-10(14)4/h5-8H,2H2,1,3-4H3/b9-5-,13-11?. The largest absolute Gasteiger partial charge is 0.288 e. The zero-order chi connectivity index (χ0) is 10.6. The fourth-order valence-corrected chi connectivity index (χ4v) is 1.06. The Morgan fingerprint density at radius 1 is 1.64 bits per heavy atom. The lowest BCUT2D eigenvalue weighted by Crippen LogP contribution is -2.09. The first-order valence-electron chi connectivity index (χ1n) is 4.53. The van der Waals surface area contributed by atoms with E-state index in [9.17, 15) is 0 Å². The summed E-state index contributed by atoms with van der Waals surface area (Å²) in [6.07, 6.45) is 7.30. The summed E-state index contributed by atoms with van der Waals surface area (Å²) in [6.45, 7) is 9.59. The molecule has 0 aliphatic rings. The van der Waals surface area contributed by atoms with Gasteiger partial charge in [-0.15, -0.1) is 0 Å². The van der Waals surface area contributed by atoms with Crippen LogP contribution in [0.4, 0.5) is 0 Å². The number of hydrogen-bond donors (Lipinski definition) is 0. The van der Waals surface area contributed by atoms with Crippen LogP contribution in [0.3, 0.4) is 0 Å². The number of rotatable bonds is 2. The van der Waals surface area contributed by atoms with E-state index in [1.54, 1.807) is 12.3 Å². The average molecular weight is 189 g/mol. The lowest BCUT2D eigenvalue weighted by atomic mass is 10.4. The van der Waals surface area contributed by atoms with Crippen molar-refractivity contribution in [2.75, 3.05) is 0 Å². The highest BCUT2D eigenvalue weighted by atomic mass is 15.1. The molecule has 0 amide bonds. The monoisotopic (exact) mass is 189 g/mol. The Morgan fingerprint density at radius 3 is 2.79 bits per heavy atom. The number of aromatic nitrogens is 2. The van der Waals surface area contributed by atoms with E-state index in [-0.39, 0.29) is 0 Å². The molecule has 3 nitrogen and oxygen atoms in total. The number of allylic oxidation sites excluding steroid dienone is 3. The van der Waals surface area contributed by atoms with Crippen molar-refractivity contribution in [3.05, 3.63) is 42.6 Å². The van der Waals surface area contributed by atoms with Gasteiger partial charge in [0.05, 0.1) is 0 Å². The second kappa shape index (κ2) is 4.56. The molecule has 0 aliphatic carbocycles. The van der Waals surface area contributed by atoms with Gasteiger partial charge in [-0.3, -0.25) is 4.57 Å². The molecule has 0 spiro atoms. The number of aryl methyl sites for hydroxylation is 1. The van der Waals surface area contributed by atoms with E-state index in [1.807, 2.05) is 37.6 Å². The number of hydrogen-bond acceptors (Lipinski definition) is 2. The summed E-state index contributed by atoms with van der Waals surface area (Å²) in [5.74, 6) is 1.71. The van der Waals surface area contributed by atoms with Crippen molar-refractivity contribution in [1.82, 2.24) is 9.55 Å². The average Bonchev–Trinajstić information content (AvgIpc) is 2.60. The van der Waals surface area contributed by atoms with Crippen molar-refractivity contribution in [1.29, 1.82) is 0 Å². The van der Waals surface area contributed by atoms with Crippen LogP contribution >= 0.6 is 0 Å². The highest BCUT2D eigenvalue weighted by molar-refractivity contribution is 5.95. The predicted molar refractivity (Wildman–Crippen MR) is 59.4 cm³/mol. The quantitative estimate of drug-likeness (QED) is 0.519. The fourth-order valence-electron chi connectivity index (χ4n) is 1.06. The third-order valence-electron chi connectivity index (χ3n) is 1.96. The molecule has 1 rings (SSSR count). The Bertz CT molecular complexity index is 383. The minimum Gasteiger partial charge on any atom is -0.288 e. The molecule has 3 heteroatoms. The molecule has 0 saturated heterocycles. The maximum atomic E-state index is 4.40. The van der Waals surface area contributed by atoms with Gasteiger partial charge in [-0.2, -0.15) is 0 Å². The van der Waals surface area contributed by atoms with Crippen LogP contribution in [0.15, 0.2) is 41.8 Å². The van der Waals surface area contributed by atoms with Crippen molar-refractivity contribution in [2.45, 2.75) is 20.8 Å².